The van der Waals surface area contributed by atoms with Gasteiger partial charge in [-0.05, 0) is 32.4 Å². The molecule has 0 aromatic carbocycles. The Hall–Kier alpha value is -1.00. The highest BCUT2D eigenvalue weighted by molar-refractivity contribution is 5.95. The molecule has 1 atom stereocenters. The highest BCUT2D eigenvalue weighted by Gasteiger charge is 2.18. The van der Waals surface area contributed by atoms with Gasteiger partial charge in [0.25, 0.3) is 5.91 Å². The van der Waals surface area contributed by atoms with Crippen LogP contribution < -0.4 is 10.6 Å². The second kappa shape index (κ2) is 5.92. The lowest BCUT2D eigenvalue weighted by Gasteiger charge is -2.23. The van der Waals surface area contributed by atoms with Gasteiger partial charge in [-0.3, -0.25) is 4.79 Å². The van der Waals surface area contributed by atoms with Gasteiger partial charge >= 0.3 is 0 Å². The van der Waals surface area contributed by atoms with Gasteiger partial charge in [0.2, 0.25) is 0 Å². The molecule has 4 nitrogen and oxygen atoms in total. The number of rotatable bonds is 2. The monoisotopic (exact) mass is 244 g/mol. The molecule has 0 saturated carbocycles. The van der Waals surface area contributed by atoms with Crippen molar-refractivity contribution in [3.8, 4) is 0 Å². The van der Waals surface area contributed by atoms with Crippen LogP contribution in [0.1, 0.15) is 29.0 Å². The van der Waals surface area contributed by atoms with Crippen LogP contribution in [0.15, 0.2) is 16.7 Å². The zero-order valence-corrected chi connectivity index (χ0v) is 10.1. The Labute approximate surface area is 101 Å². The molecule has 16 heavy (non-hydrogen) atoms. The summed E-state index contributed by atoms with van der Waals surface area (Å²) in [6.45, 7) is 3.72. The van der Waals surface area contributed by atoms with Crippen molar-refractivity contribution >= 4 is 18.3 Å². The number of carbonyl (C=O) groups excluding carboxylic acids is 1. The van der Waals surface area contributed by atoms with E-state index in [1.54, 1.807) is 19.3 Å². The molecule has 90 valence electrons. The molecule has 5 heteroatoms. The number of nitrogens with one attached hydrogen (secondary N) is 2. The van der Waals surface area contributed by atoms with Gasteiger partial charge < -0.3 is 15.1 Å². The topological polar surface area (TPSA) is 54.3 Å². The normalized spacial score (nSPS) is 19.9. The van der Waals surface area contributed by atoms with E-state index in [9.17, 15) is 4.79 Å². The molecule has 1 amide bonds. The molecule has 1 aliphatic heterocycles. The van der Waals surface area contributed by atoms with Crippen molar-refractivity contribution in [2.24, 2.45) is 0 Å². The summed E-state index contributed by atoms with van der Waals surface area (Å²) >= 11 is 0. The molecule has 2 rings (SSSR count). The Balaban J connectivity index is 0.00000128. The van der Waals surface area contributed by atoms with Crippen molar-refractivity contribution in [2.75, 3.05) is 13.1 Å². The van der Waals surface area contributed by atoms with E-state index in [1.165, 1.54) is 0 Å². The lowest BCUT2D eigenvalue weighted by atomic mass is 10.1. The van der Waals surface area contributed by atoms with Crippen molar-refractivity contribution < 1.29 is 9.21 Å². The van der Waals surface area contributed by atoms with Gasteiger partial charge in [0.15, 0.2) is 0 Å². The van der Waals surface area contributed by atoms with Crippen molar-refractivity contribution in [3.63, 3.8) is 0 Å². The van der Waals surface area contributed by atoms with Crippen LogP contribution in [0.2, 0.25) is 0 Å². The van der Waals surface area contributed by atoms with Crippen LogP contribution in [0.25, 0.3) is 0 Å². The summed E-state index contributed by atoms with van der Waals surface area (Å²) in [6.07, 6.45) is 3.72. The van der Waals surface area contributed by atoms with Crippen LogP contribution in [0, 0.1) is 6.92 Å². The molecule has 1 fully saturated rings. The zero-order chi connectivity index (χ0) is 10.7. The van der Waals surface area contributed by atoms with E-state index in [1.807, 2.05) is 0 Å². The fourth-order valence-corrected chi connectivity index (χ4v) is 1.86. The largest absolute Gasteiger partial charge is 0.469 e. The van der Waals surface area contributed by atoms with Crippen LogP contribution in [0.4, 0.5) is 0 Å². The van der Waals surface area contributed by atoms with E-state index in [0.29, 0.717) is 11.3 Å². The van der Waals surface area contributed by atoms with Gasteiger partial charge in [-0.25, -0.2) is 0 Å². The number of aryl methyl sites for hydroxylation is 1. The van der Waals surface area contributed by atoms with Crippen LogP contribution in [-0.4, -0.2) is 25.0 Å². The second-order valence-electron chi connectivity index (χ2n) is 3.91. The molecular weight excluding hydrogens is 228 g/mol. The van der Waals surface area contributed by atoms with Crippen LogP contribution in [-0.2, 0) is 0 Å². The molecule has 1 unspecified atom stereocenters. The third kappa shape index (κ3) is 3.00. The molecule has 0 spiro atoms. The van der Waals surface area contributed by atoms with Gasteiger partial charge in [0.1, 0.15) is 5.76 Å². The first-order chi connectivity index (χ1) is 7.27. The Bertz CT molecular complexity index is 346. The van der Waals surface area contributed by atoms with E-state index in [-0.39, 0.29) is 24.4 Å². The van der Waals surface area contributed by atoms with Crippen LogP contribution >= 0.6 is 12.4 Å². The van der Waals surface area contributed by atoms with E-state index in [0.717, 1.165) is 25.9 Å². The average molecular weight is 245 g/mol. The lowest BCUT2D eigenvalue weighted by Crippen LogP contribution is -2.45. The third-order valence-electron chi connectivity index (χ3n) is 2.74. The molecule has 2 heterocycles. The maximum Gasteiger partial charge on any atom is 0.255 e. The van der Waals surface area contributed by atoms with Crippen molar-refractivity contribution in [1.29, 1.82) is 0 Å². The smallest absolute Gasteiger partial charge is 0.255 e. The maximum atomic E-state index is 11.8. The quantitative estimate of drug-likeness (QED) is 0.829. The maximum absolute atomic E-state index is 11.8. The molecule has 1 aliphatic rings. The SMILES string of the molecule is Cc1occc1C(=O)NC1CCCNC1.Cl. The van der Waals surface area contributed by atoms with Gasteiger partial charge in [-0.2, -0.15) is 0 Å². The lowest BCUT2D eigenvalue weighted by molar-refractivity contribution is 0.0929. The number of hydrogen-bond donors (Lipinski definition) is 2. The van der Waals surface area contributed by atoms with Crippen molar-refractivity contribution in [2.45, 2.75) is 25.8 Å². The predicted molar refractivity (Wildman–Crippen MR) is 64.1 cm³/mol. The molecule has 0 aliphatic carbocycles. The first-order valence-electron chi connectivity index (χ1n) is 5.33. The van der Waals surface area contributed by atoms with Crippen molar-refractivity contribution in [1.82, 2.24) is 10.6 Å². The summed E-state index contributed by atoms with van der Waals surface area (Å²) in [5.74, 6) is 0.645. The van der Waals surface area contributed by atoms with Crippen molar-refractivity contribution in [3.05, 3.63) is 23.7 Å². The van der Waals surface area contributed by atoms with Gasteiger partial charge in [-0.1, -0.05) is 0 Å². The molecule has 0 bridgehead atoms. The average Bonchev–Trinajstić information content (AvgIpc) is 2.66. The summed E-state index contributed by atoms with van der Waals surface area (Å²) in [6, 6.07) is 1.96. The molecule has 0 radical (unpaired) electrons. The molecule has 1 saturated heterocycles. The summed E-state index contributed by atoms with van der Waals surface area (Å²) in [7, 11) is 0. The summed E-state index contributed by atoms with van der Waals surface area (Å²) in [5.41, 5.74) is 0.639. The van der Waals surface area contributed by atoms with E-state index in [2.05, 4.69) is 10.6 Å². The highest BCUT2D eigenvalue weighted by Crippen LogP contribution is 2.09. The number of piperidine rings is 1. The first kappa shape index (κ1) is 13.1. The number of amides is 1. The minimum absolute atomic E-state index is 0. The minimum atomic E-state index is -0.0325. The Morgan fingerprint density at radius 1 is 1.62 bits per heavy atom. The molecule has 1 aromatic heterocycles. The molecular formula is C11H17ClN2O2. The predicted octanol–water partition coefficient (Wildman–Crippen LogP) is 1.49. The van der Waals surface area contributed by atoms with Gasteiger partial charge in [0, 0.05) is 12.6 Å². The standard InChI is InChI=1S/C11H16N2O2.ClH/c1-8-10(4-6-15-8)11(14)13-9-3-2-5-12-7-9;/h4,6,9,12H,2-3,5,7H2,1H3,(H,13,14);1H. The Morgan fingerprint density at radius 2 is 2.44 bits per heavy atom. The van der Waals surface area contributed by atoms with E-state index in [4.69, 9.17) is 4.42 Å². The first-order valence-corrected chi connectivity index (χ1v) is 5.33. The fourth-order valence-electron chi connectivity index (χ4n) is 1.86. The fraction of sp³-hybridized carbons (Fsp3) is 0.545. The summed E-state index contributed by atoms with van der Waals surface area (Å²) in [5, 5.41) is 6.26. The summed E-state index contributed by atoms with van der Waals surface area (Å²) < 4.78 is 5.10. The number of halogens is 1. The van der Waals surface area contributed by atoms with Gasteiger partial charge in [0.05, 0.1) is 11.8 Å². The highest BCUT2D eigenvalue weighted by atomic mass is 35.5. The van der Waals surface area contributed by atoms with Crippen LogP contribution in [0.3, 0.4) is 0 Å². The number of carbonyl (C=O) groups is 1. The van der Waals surface area contributed by atoms with Gasteiger partial charge in [-0.15, -0.1) is 12.4 Å². The summed E-state index contributed by atoms with van der Waals surface area (Å²) in [4.78, 5) is 11.8. The zero-order valence-electron chi connectivity index (χ0n) is 9.29. The van der Waals surface area contributed by atoms with Crippen LogP contribution in [0.5, 0.6) is 0 Å². The Kier molecular flexibility index (Phi) is 4.83. The Morgan fingerprint density at radius 3 is 3.00 bits per heavy atom. The molecule has 2 N–H and O–H groups in total. The van der Waals surface area contributed by atoms with E-state index < -0.39 is 0 Å². The minimum Gasteiger partial charge on any atom is -0.469 e. The molecule has 1 aromatic rings. The number of furan rings is 1. The van der Waals surface area contributed by atoms with E-state index >= 15 is 0 Å². The second-order valence-corrected chi connectivity index (χ2v) is 3.91. The number of hydrogen-bond acceptors (Lipinski definition) is 3. The third-order valence-corrected chi connectivity index (χ3v) is 2.74.